The van der Waals surface area contributed by atoms with Gasteiger partial charge in [0.15, 0.2) is 0 Å². The number of nitrogens with two attached hydrogens (primary N) is 1. The summed E-state index contributed by atoms with van der Waals surface area (Å²) < 4.78 is 0. The van der Waals surface area contributed by atoms with Crippen LogP contribution in [-0.4, -0.2) is 23.8 Å². The molecule has 6 nitrogen and oxygen atoms in total. The fourth-order valence-corrected chi connectivity index (χ4v) is 2.31. The van der Waals surface area contributed by atoms with Gasteiger partial charge < -0.3 is 16.4 Å². The van der Waals surface area contributed by atoms with Crippen molar-refractivity contribution in [3.63, 3.8) is 0 Å². The molecule has 1 aromatic rings. The number of para-hydroxylation sites is 1. The van der Waals surface area contributed by atoms with E-state index in [4.69, 9.17) is 5.73 Å². The van der Waals surface area contributed by atoms with Crippen LogP contribution in [0.2, 0.25) is 0 Å². The number of amides is 3. The van der Waals surface area contributed by atoms with Crippen LogP contribution in [0.25, 0.3) is 0 Å². The van der Waals surface area contributed by atoms with Crippen molar-refractivity contribution in [2.24, 2.45) is 5.73 Å². The third-order valence-electron chi connectivity index (χ3n) is 3.34. The Bertz CT molecular complexity index is 536. The van der Waals surface area contributed by atoms with Gasteiger partial charge in [-0.05, 0) is 25.0 Å². The number of hydrogen-bond donors (Lipinski definition) is 3. The predicted octanol–water partition coefficient (Wildman–Crippen LogP) is 0.783. The molecule has 0 radical (unpaired) electrons. The highest BCUT2D eigenvalue weighted by Crippen LogP contribution is 2.18. The SMILES string of the molecule is NC(=O)c1ccccc1NC(=O)C(=O)NC1CCCC1. The summed E-state index contributed by atoms with van der Waals surface area (Å²) in [4.78, 5) is 34.8. The maximum atomic E-state index is 11.8. The molecule has 1 aliphatic carbocycles. The highest BCUT2D eigenvalue weighted by Gasteiger charge is 2.22. The van der Waals surface area contributed by atoms with Gasteiger partial charge in [-0.2, -0.15) is 0 Å². The van der Waals surface area contributed by atoms with Gasteiger partial charge in [0.1, 0.15) is 0 Å². The Morgan fingerprint density at radius 3 is 2.35 bits per heavy atom. The van der Waals surface area contributed by atoms with Crippen molar-refractivity contribution in [2.75, 3.05) is 5.32 Å². The van der Waals surface area contributed by atoms with Crippen LogP contribution in [0.4, 0.5) is 5.69 Å². The minimum atomic E-state index is -0.786. The maximum absolute atomic E-state index is 11.8. The van der Waals surface area contributed by atoms with Gasteiger partial charge in [-0.3, -0.25) is 14.4 Å². The van der Waals surface area contributed by atoms with Crippen LogP contribution in [0.1, 0.15) is 36.0 Å². The van der Waals surface area contributed by atoms with Gasteiger partial charge >= 0.3 is 11.8 Å². The van der Waals surface area contributed by atoms with E-state index in [1.54, 1.807) is 12.1 Å². The third-order valence-corrected chi connectivity index (χ3v) is 3.34. The molecule has 3 amide bonds. The first-order valence-corrected chi connectivity index (χ1v) is 6.58. The summed E-state index contributed by atoms with van der Waals surface area (Å²) in [7, 11) is 0. The lowest BCUT2D eigenvalue weighted by Gasteiger charge is -2.12. The van der Waals surface area contributed by atoms with Gasteiger partial charge in [0.05, 0.1) is 11.3 Å². The lowest BCUT2D eigenvalue weighted by molar-refractivity contribution is -0.136. The van der Waals surface area contributed by atoms with Crippen LogP contribution in [0.15, 0.2) is 24.3 Å². The summed E-state index contributed by atoms with van der Waals surface area (Å²) in [6, 6.07) is 6.37. The number of rotatable bonds is 3. The first-order valence-electron chi connectivity index (χ1n) is 6.58. The first-order chi connectivity index (χ1) is 9.58. The molecule has 1 aliphatic rings. The van der Waals surface area contributed by atoms with Crippen molar-refractivity contribution in [3.05, 3.63) is 29.8 Å². The first kappa shape index (κ1) is 14.0. The number of nitrogens with one attached hydrogen (secondary N) is 2. The summed E-state index contributed by atoms with van der Waals surface area (Å²) in [6.45, 7) is 0. The predicted molar refractivity (Wildman–Crippen MR) is 74.0 cm³/mol. The molecule has 2 rings (SSSR count). The van der Waals surface area contributed by atoms with E-state index in [2.05, 4.69) is 10.6 Å². The van der Waals surface area contributed by atoms with Crippen LogP contribution < -0.4 is 16.4 Å². The Morgan fingerprint density at radius 2 is 1.70 bits per heavy atom. The van der Waals surface area contributed by atoms with Crippen LogP contribution in [0.5, 0.6) is 0 Å². The van der Waals surface area contributed by atoms with Gasteiger partial charge in [0.25, 0.3) is 5.91 Å². The second kappa shape index (κ2) is 6.18. The zero-order chi connectivity index (χ0) is 14.5. The topological polar surface area (TPSA) is 101 Å². The number of hydrogen-bond acceptors (Lipinski definition) is 3. The number of primary amides is 1. The lowest BCUT2D eigenvalue weighted by Crippen LogP contribution is -2.40. The van der Waals surface area contributed by atoms with Crippen molar-refractivity contribution >= 4 is 23.4 Å². The van der Waals surface area contributed by atoms with Crippen molar-refractivity contribution in [2.45, 2.75) is 31.7 Å². The molecular weight excluding hydrogens is 258 g/mol. The molecule has 1 aromatic carbocycles. The zero-order valence-corrected chi connectivity index (χ0v) is 11.0. The Kier molecular flexibility index (Phi) is 4.34. The molecule has 20 heavy (non-hydrogen) atoms. The fourth-order valence-electron chi connectivity index (χ4n) is 2.31. The smallest absolute Gasteiger partial charge is 0.313 e. The molecule has 0 bridgehead atoms. The minimum Gasteiger partial charge on any atom is -0.366 e. The summed E-state index contributed by atoms with van der Waals surface area (Å²) in [5.41, 5.74) is 5.63. The molecule has 4 N–H and O–H groups in total. The fraction of sp³-hybridized carbons (Fsp3) is 0.357. The molecule has 106 valence electrons. The molecule has 0 unspecified atom stereocenters. The Morgan fingerprint density at radius 1 is 1.05 bits per heavy atom. The summed E-state index contributed by atoms with van der Waals surface area (Å²) in [6.07, 6.45) is 3.93. The van der Waals surface area contributed by atoms with E-state index in [0.717, 1.165) is 25.7 Å². The highest BCUT2D eigenvalue weighted by atomic mass is 16.2. The Hall–Kier alpha value is -2.37. The van der Waals surface area contributed by atoms with Gasteiger partial charge in [-0.1, -0.05) is 25.0 Å². The monoisotopic (exact) mass is 275 g/mol. The number of anilines is 1. The van der Waals surface area contributed by atoms with Gasteiger partial charge in [-0.25, -0.2) is 0 Å². The normalized spacial score (nSPS) is 14.8. The second-order valence-corrected chi connectivity index (χ2v) is 4.82. The number of carbonyl (C=O) groups excluding carboxylic acids is 3. The van der Waals surface area contributed by atoms with Crippen molar-refractivity contribution in [3.8, 4) is 0 Å². The number of benzene rings is 1. The highest BCUT2D eigenvalue weighted by molar-refractivity contribution is 6.40. The third kappa shape index (κ3) is 3.34. The van der Waals surface area contributed by atoms with E-state index in [0.29, 0.717) is 0 Å². The molecule has 0 spiro atoms. The maximum Gasteiger partial charge on any atom is 0.313 e. The largest absolute Gasteiger partial charge is 0.366 e. The standard InChI is InChI=1S/C14H17N3O3/c15-12(18)10-7-3-4-8-11(10)17-14(20)13(19)16-9-5-1-2-6-9/h3-4,7-9H,1-2,5-6H2,(H2,15,18)(H,16,19)(H,17,20). The van der Waals surface area contributed by atoms with Crippen molar-refractivity contribution in [1.29, 1.82) is 0 Å². The van der Waals surface area contributed by atoms with E-state index in [-0.39, 0.29) is 17.3 Å². The summed E-state index contributed by atoms with van der Waals surface area (Å²) in [5.74, 6) is -2.13. The van der Waals surface area contributed by atoms with E-state index >= 15 is 0 Å². The second-order valence-electron chi connectivity index (χ2n) is 4.82. The van der Waals surface area contributed by atoms with E-state index in [1.165, 1.54) is 12.1 Å². The molecule has 0 atom stereocenters. The van der Waals surface area contributed by atoms with E-state index in [1.807, 2.05) is 0 Å². The van der Waals surface area contributed by atoms with Gasteiger partial charge in [0, 0.05) is 6.04 Å². The van der Waals surface area contributed by atoms with Crippen molar-refractivity contribution < 1.29 is 14.4 Å². The van der Waals surface area contributed by atoms with E-state index < -0.39 is 17.7 Å². The van der Waals surface area contributed by atoms with Crippen LogP contribution in [0, 0.1) is 0 Å². The zero-order valence-electron chi connectivity index (χ0n) is 11.0. The molecule has 6 heteroatoms. The molecule has 0 saturated heterocycles. The van der Waals surface area contributed by atoms with Crippen LogP contribution >= 0.6 is 0 Å². The Balaban J connectivity index is 2.00. The molecule has 0 heterocycles. The average molecular weight is 275 g/mol. The van der Waals surface area contributed by atoms with Crippen LogP contribution in [0.3, 0.4) is 0 Å². The molecule has 0 aliphatic heterocycles. The number of carbonyl (C=O) groups is 3. The summed E-state index contributed by atoms with van der Waals surface area (Å²) >= 11 is 0. The molecule has 1 saturated carbocycles. The minimum absolute atomic E-state index is 0.0691. The molecule has 1 fully saturated rings. The lowest BCUT2D eigenvalue weighted by atomic mass is 10.1. The average Bonchev–Trinajstić information content (AvgIpc) is 2.91. The molecular formula is C14H17N3O3. The van der Waals surface area contributed by atoms with Gasteiger partial charge in [0.2, 0.25) is 0 Å². The summed E-state index contributed by atoms with van der Waals surface area (Å²) in [5, 5.41) is 5.09. The quantitative estimate of drug-likeness (QED) is 0.710. The van der Waals surface area contributed by atoms with E-state index in [9.17, 15) is 14.4 Å². The molecule has 0 aromatic heterocycles. The Labute approximate surface area is 116 Å². The van der Waals surface area contributed by atoms with Gasteiger partial charge in [-0.15, -0.1) is 0 Å². The van der Waals surface area contributed by atoms with Crippen LogP contribution in [-0.2, 0) is 9.59 Å². The van der Waals surface area contributed by atoms with Crippen molar-refractivity contribution in [1.82, 2.24) is 5.32 Å².